The van der Waals surface area contributed by atoms with E-state index in [0.29, 0.717) is 15.7 Å². The van der Waals surface area contributed by atoms with Crippen LogP contribution in [0.2, 0.25) is 10.0 Å². The summed E-state index contributed by atoms with van der Waals surface area (Å²) in [5.74, 6) is -1.24. The quantitative estimate of drug-likeness (QED) is 0.800. The summed E-state index contributed by atoms with van der Waals surface area (Å²) in [6.07, 6.45) is 1.36. The predicted molar refractivity (Wildman–Crippen MR) is 93.8 cm³/mol. The van der Waals surface area contributed by atoms with E-state index in [1.54, 1.807) is 18.2 Å². The van der Waals surface area contributed by atoms with Crippen LogP contribution >= 0.6 is 23.2 Å². The summed E-state index contributed by atoms with van der Waals surface area (Å²) in [7, 11) is 1.45. The average Bonchev–Trinajstić information content (AvgIpc) is 3.10. The van der Waals surface area contributed by atoms with Gasteiger partial charge in [-0.1, -0.05) is 23.2 Å². The highest BCUT2D eigenvalue weighted by molar-refractivity contribution is 6.42. The second-order valence-corrected chi connectivity index (χ2v) is 5.90. The maximum atomic E-state index is 12.0. The molecule has 2 rings (SSSR count). The second-order valence-electron chi connectivity index (χ2n) is 5.09. The highest BCUT2D eigenvalue weighted by atomic mass is 35.5. The van der Waals surface area contributed by atoms with Crippen molar-refractivity contribution in [2.75, 3.05) is 25.5 Å². The van der Waals surface area contributed by atoms with Crippen LogP contribution in [0.25, 0.3) is 0 Å². The van der Waals surface area contributed by atoms with Crippen molar-refractivity contribution in [1.82, 2.24) is 10.2 Å². The molecule has 0 atom stereocenters. The molecule has 2 N–H and O–H groups in total. The third-order valence-corrected chi connectivity index (χ3v) is 3.89. The molecule has 132 valence electrons. The first-order chi connectivity index (χ1) is 11.9. The fraction of sp³-hybridized carbons (Fsp3) is 0.188. The molecule has 0 radical (unpaired) electrons. The summed E-state index contributed by atoms with van der Waals surface area (Å²) in [6, 6.07) is 7.70. The molecule has 0 aliphatic carbocycles. The summed E-state index contributed by atoms with van der Waals surface area (Å²) in [5.41, 5.74) is 0.464. The average molecular weight is 384 g/mol. The molecule has 0 unspecified atom stereocenters. The van der Waals surface area contributed by atoms with Crippen LogP contribution in [0, 0.1) is 0 Å². The van der Waals surface area contributed by atoms with Crippen LogP contribution in [-0.4, -0.2) is 42.8 Å². The minimum Gasteiger partial charge on any atom is -0.459 e. The normalized spacial score (nSPS) is 10.2. The van der Waals surface area contributed by atoms with Gasteiger partial charge in [0.05, 0.1) is 29.4 Å². The Morgan fingerprint density at radius 2 is 1.92 bits per heavy atom. The van der Waals surface area contributed by atoms with Crippen LogP contribution < -0.4 is 10.6 Å². The maximum absolute atomic E-state index is 12.0. The highest BCUT2D eigenvalue weighted by Crippen LogP contribution is 2.24. The lowest BCUT2D eigenvalue weighted by molar-refractivity contribution is -0.132. The van der Waals surface area contributed by atoms with E-state index in [4.69, 9.17) is 27.6 Å². The van der Waals surface area contributed by atoms with Crippen molar-refractivity contribution in [2.45, 2.75) is 0 Å². The molecule has 0 fully saturated rings. The van der Waals surface area contributed by atoms with Crippen LogP contribution in [0.15, 0.2) is 41.0 Å². The molecule has 1 aromatic heterocycles. The zero-order valence-electron chi connectivity index (χ0n) is 13.2. The molecule has 2 aromatic rings. The molecule has 1 heterocycles. The van der Waals surface area contributed by atoms with E-state index in [2.05, 4.69) is 10.6 Å². The van der Waals surface area contributed by atoms with Gasteiger partial charge in [0.2, 0.25) is 11.8 Å². The van der Waals surface area contributed by atoms with E-state index in [1.807, 2.05) is 0 Å². The first-order valence-corrected chi connectivity index (χ1v) is 7.93. The van der Waals surface area contributed by atoms with Crippen molar-refractivity contribution in [3.63, 3.8) is 0 Å². The van der Waals surface area contributed by atoms with Crippen molar-refractivity contribution in [2.24, 2.45) is 0 Å². The van der Waals surface area contributed by atoms with Gasteiger partial charge in [0.15, 0.2) is 5.76 Å². The van der Waals surface area contributed by atoms with E-state index >= 15 is 0 Å². The number of hydrogen-bond acceptors (Lipinski definition) is 4. The highest BCUT2D eigenvalue weighted by Gasteiger charge is 2.16. The van der Waals surface area contributed by atoms with E-state index in [-0.39, 0.29) is 18.8 Å². The topological polar surface area (TPSA) is 91.7 Å². The SMILES string of the molecule is CN(CC(=O)Nc1ccc(Cl)c(Cl)c1)C(=O)CNC(=O)c1ccco1. The number of carbonyl (C=O) groups excluding carboxylic acids is 3. The van der Waals surface area contributed by atoms with Crippen LogP contribution in [-0.2, 0) is 9.59 Å². The fourth-order valence-electron chi connectivity index (χ4n) is 1.86. The van der Waals surface area contributed by atoms with Crippen molar-refractivity contribution in [3.8, 4) is 0 Å². The standard InChI is InChI=1S/C16H15Cl2N3O4/c1-21(15(23)8-19-16(24)13-3-2-6-25-13)9-14(22)20-10-4-5-11(17)12(18)7-10/h2-7H,8-9H2,1H3,(H,19,24)(H,20,22). The molecule has 3 amide bonds. The summed E-state index contributed by atoms with van der Waals surface area (Å²) in [5, 5.41) is 5.70. The number of benzene rings is 1. The molecule has 7 nitrogen and oxygen atoms in total. The van der Waals surface area contributed by atoms with E-state index in [0.717, 1.165) is 0 Å². The minimum atomic E-state index is -0.507. The Labute approximate surface area is 153 Å². The first-order valence-electron chi connectivity index (χ1n) is 7.17. The van der Waals surface area contributed by atoms with Gasteiger partial charge >= 0.3 is 0 Å². The molecule has 25 heavy (non-hydrogen) atoms. The first kappa shape index (κ1) is 18.8. The molecule has 0 saturated carbocycles. The number of nitrogens with one attached hydrogen (secondary N) is 2. The van der Waals surface area contributed by atoms with Gasteiger partial charge in [-0.2, -0.15) is 0 Å². The molecular weight excluding hydrogens is 369 g/mol. The Kier molecular flexibility index (Phi) is 6.44. The Morgan fingerprint density at radius 1 is 1.16 bits per heavy atom. The zero-order valence-corrected chi connectivity index (χ0v) is 14.7. The number of furan rings is 1. The van der Waals surface area contributed by atoms with Gasteiger partial charge in [-0.25, -0.2) is 0 Å². The second kappa shape index (κ2) is 8.55. The smallest absolute Gasteiger partial charge is 0.287 e. The molecule has 0 aliphatic rings. The van der Waals surface area contributed by atoms with Crippen LogP contribution in [0.5, 0.6) is 0 Å². The molecule has 0 saturated heterocycles. The Hall–Kier alpha value is -2.51. The number of amides is 3. The summed E-state index contributed by atoms with van der Waals surface area (Å²) < 4.78 is 4.92. The van der Waals surface area contributed by atoms with Crippen molar-refractivity contribution < 1.29 is 18.8 Å². The number of carbonyl (C=O) groups is 3. The maximum Gasteiger partial charge on any atom is 0.287 e. The lowest BCUT2D eigenvalue weighted by Gasteiger charge is -2.17. The number of rotatable bonds is 6. The van der Waals surface area contributed by atoms with Crippen molar-refractivity contribution >= 4 is 46.6 Å². The van der Waals surface area contributed by atoms with Gasteiger partial charge in [-0.3, -0.25) is 14.4 Å². The molecule has 0 spiro atoms. The number of anilines is 1. The zero-order chi connectivity index (χ0) is 18.4. The Morgan fingerprint density at radius 3 is 2.56 bits per heavy atom. The fourth-order valence-corrected chi connectivity index (χ4v) is 2.16. The summed E-state index contributed by atoms with van der Waals surface area (Å²) in [6.45, 7) is -0.439. The Bertz CT molecular complexity index is 778. The van der Waals surface area contributed by atoms with Crippen molar-refractivity contribution in [3.05, 3.63) is 52.4 Å². The molecule has 0 aliphatic heterocycles. The number of nitrogens with zero attached hydrogens (tertiary/aromatic N) is 1. The molecular formula is C16H15Cl2N3O4. The third-order valence-electron chi connectivity index (χ3n) is 3.16. The van der Waals surface area contributed by atoms with Gasteiger partial charge < -0.3 is 20.0 Å². The largest absolute Gasteiger partial charge is 0.459 e. The van der Waals surface area contributed by atoms with Gasteiger partial charge in [0.1, 0.15) is 0 Å². The van der Waals surface area contributed by atoms with Crippen LogP contribution in [0.1, 0.15) is 10.6 Å². The van der Waals surface area contributed by atoms with Gasteiger partial charge in [-0.05, 0) is 30.3 Å². The Balaban J connectivity index is 1.80. The summed E-state index contributed by atoms with van der Waals surface area (Å²) in [4.78, 5) is 36.8. The van der Waals surface area contributed by atoms with E-state index in [1.165, 1.54) is 30.3 Å². The number of likely N-dealkylation sites (N-methyl/N-ethyl adjacent to an activating group) is 1. The number of hydrogen-bond donors (Lipinski definition) is 2. The lowest BCUT2D eigenvalue weighted by Crippen LogP contribution is -2.41. The van der Waals surface area contributed by atoms with Crippen LogP contribution in [0.3, 0.4) is 0 Å². The predicted octanol–water partition coefficient (Wildman–Crippen LogP) is 2.41. The number of halogens is 2. The minimum absolute atomic E-state index is 0.104. The van der Waals surface area contributed by atoms with Crippen molar-refractivity contribution in [1.29, 1.82) is 0 Å². The monoisotopic (exact) mass is 383 g/mol. The van der Waals surface area contributed by atoms with Gasteiger partial charge in [0, 0.05) is 12.7 Å². The van der Waals surface area contributed by atoms with Gasteiger partial charge in [0.25, 0.3) is 5.91 Å². The van der Waals surface area contributed by atoms with Crippen LogP contribution in [0.4, 0.5) is 5.69 Å². The summed E-state index contributed by atoms with van der Waals surface area (Å²) >= 11 is 11.7. The lowest BCUT2D eigenvalue weighted by atomic mass is 10.3. The van der Waals surface area contributed by atoms with E-state index < -0.39 is 17.7 Å². The van der Waals surface area contributed by atoms with Gasteiger partial charge in [-0.15, -0.1) is 0 Å². The molecule has 9 heteroatoms. The van der Waals surface area contributed by atoms with E-state index in [9.17, 15) is 14.4 Å². The molecule has 1 aromatic carbocycles. The molecule has 0 bridgehead atoms. The third kappa shape index (κ3) is 5.51.